The molecule has 0 saturated carbocycles. The lowest BCUT2D eigenvalue weighted by Gasteiger charge is -2.04. The molecule has 7 heteroatoms. The minimum absolute atomic E-state index is 0.0747. The molecule has 0 unspecified atom stereocenters. The van der Waals surface area contributed by atoms with E-state index in [9.17, 15) is 20.2 Å². The van der Waals surface area contributed by atoms with E-state index in [1.54, 1.807) is 6.92 Å². The van der Waals surface area contributed by atoms with Gasteiger partial charge in [0.05, 0.1) is 9.85 Å². The number of nitro benzene ring substituents is 2. The highest BCUT2D eigenvalue weighted by Gasteiger charge is 2.26. The fourth-order valence-electron chi connectivity index (χ4n) is 1.32. The third kappa shape index (κ3) is 1.96. The average Bonchev–Trinajstić information content (AvgIpc) is 2.10. The van der Waals surface area contributed by atoms with Gasteiger partial charge in [0.1, 0.15) is 5.56 Å². The van der Waals surface area contributed by atoms with Crippen molar-refractivity contribution in [2.24, 2.45) is 0 Å². The number of nitro groups is 2. The van der Waals surface area contributed by atoms with Crippen molar-refractivity contribution in [3.05, 3.63) is 41.9 Å². The molecular formula is C8H7BrN2O4. The van der Waals surface area contributed by atoms with Gasteiger partial charge in [0.15, 0.2) is 0 Å². The van der Waals surface area contributed by atoms with Crippen LogP contribution >= 0.6 is 15.9 Å². The van der Waals surface area contributed by atoms with Crippen LogP contribution in [0.15, 0.2) is 10.5 Å². The lowest BCUT2D eigenvalue weighted by molar-refractivity contribution is -0.395. The van der Waals surface area contributed by atoms with Gasteiger partial charge in [0.25, 0.3) is 11.4 Å². The Morgan fingerprint density at radius 1 is 1.13 bits per heavy atom. The van der Waals surface area contributed by atoms with Crippen molar-refractivity contribution >= 4 is 27.3 Å². The highest BCUT2D eigenvalue weighted by molar-refractivity contribution is 9.10. The molecule has 0 saturated heterocycles. The van der Waals surface area contributed by atoms with Gasteiger partial charge in [-0.15, -0.1) is 0 Å². The van der Waals surface area contributed by atoms with Crippen molar-refractivity contribution in [1.29, 1.82) is 0 Å². The molecular weight excluding hydrogens is 268 g/mol. The van der Waals surface area contributed by atoms with E-state index >= 15 is 0 Å². The highest BCUT2D eigenvalue weighted by atomic mass is 79.9. The third-order valence-electron chi connectivity index (χ3n) is 2.10. The Morgan fingerprint density at radius 2 is 1.67 bits per heavy atom. The molecule has 0 bridgehead atoms. The number of nitrogens with zero attached hydrogens (tertiary/aromatic N) is 2. The van der Waals surface area contributed by atoms with Gasteiger partial charge in [-0.05, 0) is 13.8 Å². The monoisotopic (exact) mass is 274 g/mol. The van der Waals surface area contributed by atoms with Gasteiger partial charge < -0.3 is 0 Å². The molecule has 0 fully saturated rings. The fourth-order valence-corrected chi connectivity index (χ4v) is 1.72. The van der Waals surface area contributed by atoms with Crippen molar-refractivity contribution < 1.29 is 9.85 Å². The van der Waals surface area contributed by atoms with Crippen LogP contribution in [-0.4, -0.2) is 9.85 Å². The third-order valence-corrected chi connectivity index (χ3v) is 2.92. The van der Waals surface area contributed by atoms with Crippen molar-refractivity contribution in [2.75, 3.05) is 0 Å². The summed E-state index contributed by atoms with van der Waals surface area (Å²) in [6.07, 6.45) is 0. The summed E-state index contributed by atoms with van der Waals surface area (Å²) in [7, 11) is 0. The van der Waals surface area contributed by atoms with Gasteiger partial charge in [0.2, 0.25) is 0 Å². The topological polar surface area (TPSA) is 86.3 Å². The minimum atomic E-state index is -0.632. The standard InChI is InChI=1S/C8H7BrN2O4/c1-4-6(9)3-7(10(12)13)5(2)8(4)11(14)15/h3H,1-2H3. The van der Waals surface area contributed by atoms with Crippen LogP contribution in [0.25, 0.3) is 0 Å². The Balaban J connectivity index is 3.63. The van der Waals surface area contributed by atoms with Crippen LogP contribution < -0.4 is 0 Å². The Morgan fingerprint density at radius 3 is 2.07 bits per heavy atom. The molecule has 0 aromatic heterocycles. The molecule has 0 aliphatic heterocycles. The van der Waals surface area contributed by atoms with Crippen LogP contribution in [0.4, 0.5) is 11.4 Å². The first-order chi connectivity index (χ1) is 6.86. The van der Waals surface area contributed by atoms with Crippen LogP contribution in [0.2, 0.25) is 0 Å². The lowest BCUT2D eigenvalue weighted by atomic mass is 10.1. The van der Waals surface area contributed by atoms with Crippen molar-refractivity contribution in [3.8, 4) is 0 Å². The second kappa shape index (κ2) is 3.93. The van der Waals surface area contributed by atoms with E-state index in [0.717, 1.165) is 0 Å². The number of hydrogen-bond acceptors (Lipinski definition) is 4. The van der Waals surface area contributed by atoms with E-state index in [1.165, 1.54) is 13.0 Å². The molecule has 1 aromatic rings. The van der Waals surface area contributed by atoms with E-state index in [1.807, 2.05) is 0 Å². The first-order valence-corrected chi connectivity index (χ1v) is 4.74. The van der Waals surface area contributed by atoms with Crippen molar-refractivity contribution in [1.82, 2.24) is 0 Å². The van der Waals surface area contributed by atoms with E-state index in [0.29, 0.717) is 10.0 Å². The summed E-state index contributed by atoms with van der Waals surface area (Å²) in [5.41, 5.74) is 0.00375. The van der Waals surface area contributed by atoms with E-state index in [4.69, 9.17) is 0 Å². The Kier molecular flexibility index (Phi) is 3.04. The molecule has 80 valence electrons. The zero-order valence-electron chi connectivity index (χ0n) is 7.98. The van der Waals surface area contributed by atoms with Crippen molar-refractivity contribution in [2.45, 2.75) is 13.8 Å². The van der Waals surface area contributed by atoms with Crippen LogP contribution in [0.1, 0.15) is 11.1 Å². The predicted molar refractivity (Wildman–Crippen MR) is 56.9 cm³/mol. The second-order valence-corrected chi connectivity index (χ2v) is 3.84. The molecule has 0 radical (unpaired) electrons. The number of hydrogen-bond donors (Lipinski definition) is 0. The quantitative estimate of drug-likeness (QED) is 0.613. The van der Waals surface area contributed by atoms with Crippen molar-refractivity contribution in [3.63, 3.8) is 0 Å². The molecule has 0 spiro atoms. The SMILES string of the molecule is Cc1c(Br)cc([N+](=O)[O-])c(C)c1[N+](=O)[O-]. The molecule has 0 amide bonds. The van der Waals surface area contributed by atoms with Crippen LogP contribution in [-0.2, 0) is 0 Å². The molecule has 1 rings (SSSR count). The summed E-state index contributed by atoms with van der Waals surface area (Å²) in [5.74, 6) is 0. The first-order valence-electron chi connectivity index (χ1n) is 3.94. The summed E-state index contributed by atoms with van der Waals surface area (Å²) < 4.78 is 0.367. The first kappa shape index (κ1) is 11.6. The molecule has 0 aliphatic carbocycles. The van der Waals surface area contributed by atoms with E-state index < -0.39 is 9.85 Å². The van der Waals surface area contributed by atoms with Crippen LogP contribution in [0.5, 0.6) is 0 Å². The fraction of sp³-hybridized carbons (Fsp3) is 0.250. The van der Waals surface area contributed by atoms with E-state index in [2.05, 4.69) is 15.9 Å². The van der Waals surface area contributed by atoms with Gasteiger partial charge in [-0.2, -0.15) is 0 Å². The number of halogens is 1. The minimum Gasteiger partial charge on any atom is -0.258 e. The van der Waals surface area contributed by atoms with Gasteiger partial charge in [-0.1, -0.05) is 15.9 Å². The normalized spacial score (nSPS) is 10.1. The summed E-state index contributed by atoms with van der Waals surface area (Å²) in [6.45, 7) is 2.91. The Labute approximate surface area is 93.3 Å². The Bertz CT molecular complexity index is 458. The molecule has 0 aliphatic rings. The summed E-state index contributed by atoms with van der Waals surface area (Å²) in [5, 5.41) is 21.4. The molecule has 0 N–H and O–H groups in total. The zero-order chi connectivity index (χ0) is 11.7. The summed E-state index contributed by atoms with van der Waals surface area (Å²) >= 11 is 3.06. The van der Waals surface area contributed by atoms with Gasteiger partial charge >= 0.3 is 0 Å². The van der Waals surface area contributed by atoms with Gasteiger partial charge in [-0.25, -0.2) is 0 Å². The maximum Gasteiger partial charge on any atom is 0.283 e. The number of rotatable bonds is 2. The average molecular weight is 275 g/mol. The second-order valence-electron chi connectivity index (χ2n) is 2.99. The zero-order valence-corrected chi connectivity index (χ0v) is 9.57. The highest BCUT2D eigenvalue weighted by Crippen LogP contribution is 2.35. The van der Waals surface area contributed by atoms with Gasteiger partial charge in [0, 0.05) is 16.1 Å². The van der Waals surface area contributed by atoms with E-state index in [-0.39, 0.29) is 16.9 Å². The van der Waals surface area contributed by atoms with Crippen LogP contribution in [0.3, 0.4) is 0 Å². The maximum absolute atomic E-state index is 10.7. The lowest BCUT2D eigenvalue weighted by Crippen LogP contribution is -2.00. The molecule has 0 atom stereocenters. The summed E-state index contributed by atoms with van der Waals surface area (Å²) in [4.78, 5) is 20.1. The Hall–Kier alpha value is -1.50. The molecule has 0 heterocycles. The largest absolute Gasteiger partial charge is 0.283 e. The van der Waals surface area contributed by atoms with Gasteiger partial charge in [-0.3, -0.25) is 20.2 Å². The summed E-state index contributed by atoms with van der Waals surface area (Å²) in [6, 6.07) is 1.28. The van der Waals surface area contributed by atoms with Crippen LogP contribution in [0, 0.1) is 34.1 Å². The maximum atomic E-state index is 10.7. The molecule has 15 heavy (non-hydrogen) atoms. The predicted octanol–water partition coefficient (Wildman–Crippen LogP) is 2.88. The molecule has 6 nitrogen and oxygen atoms in total. The number of benzene rings is 1. The smallest absolute Gasteiger partial charge is 0.258 e. The molecule has 1 aromatic carbocycles.